The number of aromatic nitrogens is 2. The van der Waals surface area contributed by atoms with Gasteiger partial charge in [0.25, 0.3) is 0 Å². The van der Waals surface area contributed by atoms with Gasteiger partial charge in [-0.2, -0.15) is 0 Å². The maximum atomic E-state index is 6.18. The third-order valence-electron chi connectivity index (χ3n) is 3.65. The molecule has 0 aliphatic carbocycles. The molecule has 0 amide bonds. The summed E-state index contributed by atoms with van der Waals surface area (Å²) in [6.45, 7) is 6.78. The molecule has 1 aromatic heterocycles. The summed E-state index contributed by atoms with van der Waals surface area (Å²) >= 11 is 6.18. The Morgan fingerprint density at radius 1 is 1.29 bits per heavy atom. The quantitative estimate of drug-likeness (QED) is 0.597. The lowest BCUT2D eigenvalue weighted by molar-refractivity contribution is 0.503. The van der Waals surface area contributed by atoms with Crippen LogP contribution in [0.5, 0.6) is 0 Å². The normalized spacial score (nSPS) is 11.8. The average molecular weight is 348 g/mol. The van der Waals surface area contributed by atoms with Crippen LogP contribution in [-0.4, -0.2) is 29.1 Å². The predicted molar refractivity (Wildman–Crippen MR) is 100 cm³/mol. The number of imidazole rings is 1. The molecule has 0 radical (unpaired) electrons. The van der Waals surface area contributed by atoms with Crippen LogP contribution in [-0.2, 0) is 19.5 Å². The van der Waals surface area contributed by atoms with E-state index < -0.39 is 0 Å². The number of nitrogens with zero attached hydrogens (tertiary/aromatic N) is 3. The molecule has 2 aromatic rings. The van der Waals surface area contributed by atoms with Crippen LogP contribution in [0.3, 0.4) is 0 Å². The Labute approximate surface area is 149 Å². The van der Waals surface area contributed by atoms with Gasteiger partial charge in [-0.25, -0.2) is 4.98 Å². The van der Waals surface area contributed by atoms with E-state index in [0.717, 1.165) is 41.9 Å². The summed E-state index contributed by atoms with van der Waals surface area (Å²) in [4.78, 5) is 8.67. The average Bonchev–Trinajstić information content (AvgIpc) is 2.98. The second-order valence-electron chi connectivity index (χ2n) is 6.08. The molecule has 2 N–H and O–H groups in total. The van der Waals surface area contributed by atoms with Gasteiger partial charge in [0, 0.05) is 37.6 Å². The number of nitrogens with one attached hydrogen (secondary N) is 2. The smallest absolute Gasteiger partial charge is 0.191 e. The van der Waals surface area contributed by atoms with Crippen LogP contribution in [0.4, 0.5) is 0 Å². The number of benzene rings is 1. The van der Waals surface area contributed by atoms with Crippen LogP contribution in [0.25, 0.3) is 0 Å². The molecule has 6 heteroatoms. The Balaban J connectivity index is 1.81. The summed E-state index contributed by atoms with van der Waals surface area (Å²) in [6, 6.07) is 7.91. The molecule has 2 rings (SSSR count). The summed E-state index contributed by atoms with van der Waals surface area (Å²) in [5.74, 6) is 2.37. The topological polar surface area (TPSA) is 54.2 Å². The molecule has 0 aliphatic heterocycles. The van der Waals surface area contributed by atoms with Gasteiger partial charge in [0.1, 0.15) is 5.82 Å². The van der Waals surface area contributed by atoms with Gasteiger partial charge in [0.15, 0.2) is 5.96 Å². The first-order chi connectivity index (χ1) is 11.6. The summed E-state index contributed by atoms with van der Waals surface area (Å²) in [6.07, 6.45) is 4.71. The van der Waals surface area contributed by atoms with Crippen molar-refractivity contribution in [2.45, 2.75) is 33.4 Å². The van der Waals surface area contributed by atoms with Gasteiger partial charge in [-0.15, -0.1) is 0 Å². The highest BCUT2D eigenvalue weighted by molar-refractivity contribution is 6.31. The van der Waals surface area contributed by atoms with Crippen molar-refractivity contribution >= 4 is 17.6 Å². The van der Waals surface area contributed by atoms with Crippen molar-refractivity contribution in [3.63, 3.8) is 0 Å². The molecule has 1 aromatic carbocycles. The molecule has 1 heterocycles. The molecule has 5 nitrogen and oxygen atoms in total. The first-order valence-corrected chi connectivity index (χ1v) is 8.66. The summed E-state index contributed by atoms with van der Waals surface area (Å²) < 4.78 is 2.18. The zero-order chi connectivity index (χ0) is 17.4. The van der Waals surface area contributed by atoms with E-state index in [-0.39, 0.29) is 0 Å². The molecule has 0 unspecified atom stereocenters. The van der Waals surface area contributed by atoms with E-state index in [9.17, 15) is 0 Å². The fraction of sp³-hybridized carbons (Fsp3) is 0.444. The van der Waals surface area contributed by atoms with Crippen LogP contribution in [0.1, 0.15) is 25.2 Å². The lowest BCUT2D eigenvalue weighted by Gasteiger charge is -2.14. The van der Waals surface area contributed by atoms with E-state index in [4.69, 9.17) is 11.6 Å². The fourth-order valence-electron chi connectivity index (χ4n) is 2.47. The Bertz CT molecular complexity index is 663. The van der Waals surface area contributed by atoms with Crippen molar-refractivity contribution in [3.8, 4) is 0 Å². The molecular weight excluding hydrogens is 322 g/mol. The maximum Gasteiger partial charge on any atom is 0.191 e. The molecular formula is C18H26ClN5. The molecule has 0 fully saturated rings. The molecule has 0 atom stereocenters. The Morgan fingerprint density at radius 3 is 2.79 bits per heavy atom. The van der Waals surface area contributed by atoms with Crippen molar-refractivity contribution in [3.05, 3.63) is 53.1 Å². The monoisotopic (exact) mass is 347 g/mol. The molecule has 0 aliphatic rings. The van der Waals surface area contributed by atoms with E-state index in [0.29, 0.717) is 12.5 Å². The van der Waals surface area contributed by atoms with Gasteiger partial charge in [0.05, 0.1) is 6.54 Å². The number of guanidine groups is 1. The van der Waals surface area contributed by atoms with Gasteiger partial charge in [-0.3, -0.25) is 4.99 Å². The zero-order valence-electron chi connectivity index (χ0n) is 14.6. The van der Waals surface area contributed by atoms with Gasteiger partial charge >= 0.3 is 0 Å². The number of halogens is 1. The third kappa shape index (κ3) is 5.57. The van der Waals surface area contributed by atoms with Crippen LogP contribution < -0.4 is 10.6 Å². The Hall–Kier alpha value is -2.01. The lowest BCUT2D eigenvalue weighted by atomic mass is 10.1. The van der Waals surface area contributed by atoms with Crippen molar-refractivity contribution in [1.29, 1.82) is 0 Å². The van der Waals surface area contributed by atoms with Crippen LogP contribution in [0.15, 0.2) is 41.7 Å². The highest BCUT2D eigenvalue weighted by atomic mass is 35.5. The molecule has 0 saturated carbocycles. The standard InChI is InChI=1S/C18H26ClN5/c1-14(2)13-24-11-10-21-17(24)12-23-18(20-3)22-9-8-15-6-4-5-7-16(15)19/h4-7,10-11,14H,8-9,12-13H2,1-3H3,(H2,20,22,23). The minimum absolute atomic E-state index is 0.589. The highest BCUT2D eigenvalue weighted by Gasteiger charge is 2.06. The molecule has 0 saturated heterocycles. The zero-order valence-corrected chi connectivity index (χ0v) is 15.3. The number of aliphatic imine (C=N–C) groups is 1. The lowest BCUT2D eigenvalue weighted by Crippen LogP contribution is -2.38. The van der Waals surface area contributed by atoms with Crippen molar-refractivity contribution in [1.82, 2.24) is 20.2 Å². The predicted octanol–water partition coefficient (Wildman–Crippen LogP) is 3.10. The minimum Gasteiger partial charge on any atom is -0.356 e. The summed E-state index contributed by atoms with van der Waals surface area (Å²) in [5.41, 5.74) is 1.13. The number of rotatable bonds is 7. The first kappa shape index (κ1) is 18.3. The second kappa shape index (κ2) is 9.33. The van der Waals surface area contributed by atoms with Gasteiger partial charge < -0.3 is 15.2 Å². The second-order valence-corrected chi connectivity index (χ2v) is 6.49. The third-order valence-corrected chi connectivity index (χ3v) is 4.01. The van der Waals surface area contributed by atoms with Gasteiger partial charge in [-0.05, 0) is 24.0 Å². The number of hydrogen-bond donors (Lipinski definition) is 2. The van der Waals surface area contributed by atoms with Crippen molar-refractivity contribution in [2.24, 2.45) is 10.9 Å². The largest absolute Gasteiger partial charge is 0.356 e. The molecule has 24 heavy (non-hydrogen) atoms. The summed E-state index contributed by atoms with van der Waals surface area (Å²) in [7, 11) is 1.77. The van der Waals surface area contributed by atoms with Gasteiger partial charge in [0.2, 0.25) is 0 Å². The van der Waals surface area contributed by atoms with E-state index in [1.165, 1.54) is 0 Å². The van der Waals surface area contributed by atoms with E-state index in [1.807, 2.05) is 36.7 Å². The van der Waals surface area contributed by atoms with Crippen LogP contribution in [0.2, 0.25) is 5.02 Å². The van der Waals surface area contributed by atoms with E-state index >= 15 is 0 Å². The molecule has 130 valence electrons. The van der Waals surface area contributed by atoms with Crippen molar-refractivity contribution in [2.75, 3.05) is 13.6 Å². The SMILES string of the molecule is CN=C(NCCc1ccccc1Cl)NCc1nccn1CC(C)C. The fourth-order valence-corrected chi connectivity index (χ4v) is 2.70. The summed E-state index contributed by atoms with van der Waals surface area (Å²) in [5, 5.41) is 7.42. The number of hydrogen-bond acceptors (Lipinski definition) is 2. The van der Waals surface area contributed by atoms with Crippen LogP contribution >= 0.6 is 11.6 Å². The molecule has 0 bridgehead atoms. The van der Waals surface area contributed by atoms with Crippen molar-refractivity contribution < 1.29 is 0 Å². The van der Waals surface area contributed by atoms with Crippen LogP contribution in [0, 0.1) is 5.92 Å². The minimum atomic E-state index is 0.589. The highest BCUT2D eigenvalue weighted by Crippen LogP contribution is 2.14. The van der Waals surface area contributed by atoms with E-state index in [2.05, 4.69) is 39.0 Å². The maximum absolute atomic E-state index is 6.18. The Kier molecular flexibility index (Phi) is 7.12. The molecule has 0 spiro atoms. The van der Waals surface area contributed by atoms with E-state index in [1.54, 1.807) is 7.05 Å². The van der Waals surface area contributed by atoms with Gasteiger partial charge in [-0.1, -0.05) is 43.6 Å². The first-order valence-electron chi connectivity index (χ1n) is 8.28. The Morgan fingerprint density at radius 2 is 2.08 bits per heavy atom.